The minimum Gasteiger partial charge on any atom is -0.387 e. The number of hydrogen-bond acceptors (Lipinski definition) is 16. The van der Waals surface area contributed by atoms with Gasteiger partial charge in [-0.05, 0) is 0 Å². The fraction of sp³-hybridized carbons (Fsp3) is 0.688. The number of nitrogens with zero attached hydrogens (tertiary/aromatic N) is 4. The van der Waals surface area contributed by atoms with Gasteiger partial charge in [-0.3, -0.25) is 13.7 Å². The summed E-state index contributed by atoms with van der Waals surface area (Å²) < 4.78 is 45.3. The van der Waals surface area contributed by atoms with Crippen LogP contribution in [0, 0.1) is 0 Å². The van der Waals surface area contributed by atoms with Gasteiger partial charge >= 0.3 is 12.9 Å². The summed E-state index contributed by atoms with van der Waals surface area (Å²) >= 11 is 0. The van der Waals surface area contributed by atoms with Crippen LogP contribution in [0.5, 0.6) is 0 Å². The van der Waals surface area contributed by atoms with Crippen LogP contribution in [-0.4, -0.2) is 116 Å². The van der Waals surface area contributed by atoms with Crippen LogP contribution in [0.15, 0.2) is 12.7 Å². The molecule has 18 nitrogen and oxygen atoms in total. The highest BCUT2D eigenvalue weighted by Gasteiger charge is 2.54. The minimum atomic E-state index is -5.32. The maximum atomic E-state index is 12.6. The Bertz CT molecular complexity index is 1160. The Balaban J connectivity index is 1.42. The lowest BCUT2D eigenvalue weighted by Gasteiger charge is -2.28. The molecule has 4 heterocycles. The quantitative estimate of drug-likeness (QED) is 0.110. The second-order valence-electron chi connectivity index (χ2n) is 7.97. The molecule has 200 valence electrons. The summed E-state index contributed by atoms with van der Waals surface area (Å²) in [5.74, 6) is 0.0597. The number of rotatable bonds is 9. The van der Waals surface area contributed by atoms with E-state index in [2.05, 4.69) is 19.5 Å². The highest BCUT2D eigenvalue weighted by Crippen LogP contribution is 2.60. The van der Waals surface area contributed by atoms with E-state index in [4.69, 9.17) is 19.9 Å². The highest BCUT2D eigenvalue weighted by molar-refractivity contribution is 7.63. The number of aliphatic hydroxyl groups is 6. The number of imidazole rings is 1. The minimum absolute atomic E-state index is 0.0597. The van der Waals surface area contributed by atoms with Crippen LogP contribution < -0.4 is 5.73 Å². The Hall–Kier alpha value is -1.76. The van der Waals surface area contributed by atoms with E-state index in [1.54, 1.807) is 0 Å². The van der Waals surface area contributed by atoms with Crippen molar-refractivity contribution in [1.29, 1.82) is 0 Å². The fourth-order valence-electron chi connectivity index (χ4n) is 3.63. The van der Waals surface area contributed by atoms with Crippen molar-refractivity contribution in [2.45, 2.75) is 54.4 Å². The molecule has 20 heteroatoms. The van der Waals surface area contributed by atoms with Crippen LogP contribution >= 0.6 is 16.1 Å². The van der Waals surface area contributed by atoms with E-state index in [9.17, 15) is 44.7 Å². The van der Waals surface area contributed by atoms with Crippen LogP contribution in [-0.2, 0) is 27.9 Å². The smallest absolute Gasteiger partial charge is 0.387 e. The first-order valence-electron chi connectivity index (χ1n) is 10.2. The summed E-state index contributed by atoms with van der Waals surface area (Å²) in [7, 11) is -6.73. The molecule has 10 atom stereocenters. The maximum absolute atomic E-state index is 12.6. The molecule has 2 aliphatic rings. The number of hydrogen-bond donors (Lipinski definition) is 8. The first kappa shape index (κ1) is 27.3. The Labute approximate surface area is 202 Å². The summed E-state index contributed by atoms with van der Waals surface area (Å²) in [5, 5.41) is 56.5. The molecule has 0 spiro atoms. The monoisotopic (exact) mass is 555 g/mol. The molecule has 2 saturated heterocycles. The lowest BCUT2D eigenvalue weighted by molar-refractivity contribution is -0.143. The van der Waals surface area contributed by atoms with Crippen molar-refractivity contribution in [2.24, 2.45) is 0 Å². The summed E-state index contributed by atoms with van der Waals surface area (Å²) in [6.45, 7) is -1.76. The lowest BCUT2D eigenvalue weighted by Crippen LogP contribution is -2.38. The molecule has 9 N–H and O–H groups in total. The van der Waals surface area contributed by atoms with Gasteiger partial charge in [0.2, 0.25) is 8.46 Å². The molecule has 10 unspecified atom stereocenters. The normalized spacial score (nSPS) is 36.3. The largest absolute Gasteiger partial charge is 0.399 e. The van der Waals surface area contributed by atoms with Gasteiger partial charge in [0.25, 0.3) is 0 Å². The van der Waals surface area contributed by atoms with Gasteiger partial charge in [0, 0.05) is 0 Å². The molecular weight excluding hydrogens is 532 g/mol. The third kappa shape index (κ3) is 4.77. The molecule has 0 aromatic carbocycles. The van der Waals surface area contributed by atoms with Crippen LogP contribution in [0.3, 0.4) is 0 Å². The topological polar surface area (TPSA) is 282 Å². The number of aromatic nitrogens is 4. The van der Waals surface area contributed by atoms with Crippen molar-refractivity contribution in [3.8, 4) is 0 Å². The SMILES string of the molecule is Nc1ncnc2c1ncn2C1OC(COC(O)(P=O)P(=O)(O)OCC2OC(O)C(O)C2O)C(O)C1O. The molecule has 0 amide bonds. The van der Waals surface area contributed by atoms with E-state index in [0.29, 0.717) is 0 Å². The average molecular weight is 555 g/mol. The van der Waals surface area contributed by atoms with Gasteiger partial charge in [-0.2, -0.15) is 0 Å². The van der Waals surface area contributed by atoms with Crippen molar-refractivity contribution in [3.05, 3.63) is 12.7 Å². The zero-order chi connectivity index (χ0) is 26.4. The zero-order valence-electron chi connectivity index (χ0n) is 18.0. The highest BCUT2D eigenvalue weighted by atomic mass is 31.2. The summed E-state index contributed by atoms with van der Waals surface area (Å²) in [6.07, 6.45) is -10.1. The molecule has 2 fully saturated rings. The Morgan fingerprint density at radius 1 is 1.06 bits per heavy atom. The molecule has 0 aliphatic carbocycles. The molecule has 2 aliphatic heterocycles. The number of nitrogen functional groups attached to an aromatic ring is 1. The summed E-state index contributed by atoms with van der Waals surface area (Å²) in [5.41, 5.74) is 6.11. The van der Waals surface area contributed by atoms with Gasteiger partial charge in [-0.1, -0.05) is 0 Å². The first-order valence-corrected chi connectivity index (χ1v) is 12.6. The van der Waals surface area contributed by atoms with Gasteiger partial charge in [0.15, 0.2) is 24.0 Å². The van der Waals surface area contributed by atoms with Crippen LogP contribution in [0.4, 0.5) is 5.82 Å². The number of aliphatic hydroxyl groups excluding tert-OH is 5. The third-order valence-corrected chi connectivity index (χ3v) is 8.41. The molecule has 2 aromatic rings. The Morgan fingerprint density at radius 2 is 1.72 bits per heavy atom. The molecule has 2 aromatic heterocycles. The van der Waals surface area contributed by atoms with Crippen LogP contribution in [0.2, 0.25) is 0 Å². The molecule has 0 radical (unpaired) electrons. The van der Waals surface area contributed by atoms with E-state index in [1.165, 1.54) is 10.9 Å². The standard InChI is InChI=1S/C16H23N5O13P2/c17-12-7-13(19-3-18-12)21(4-20-7)14-10(24)8(22)5(33-14)1-31-16(27,35-28)36(29,30)32-2-6-9(23)11(25)15(26)34-6/h3-6,8-11,14-15,22-27H,1-2H2,(H,29,30)(H2,17,18,19). The maximum Gasteiger partial charge on any atom is 0.399 e. The molecule has 0 bridgehead atoms. The van der Waals surface area contributed by atoms with Crippen molar-refractivity contribution < 1.29 is 63.4 Å². The molecule has 4 rings (SSSR count). The van der Waals surface area contributed by atoms with Gasteiger partial charge in [-0.25, -0.2) is 15.0 Å². The van der Waals surface area contributed by atoms with E-state index in [-0.39, 0.29) is 17.0 Å². The molecule has 0 saturated carbocycles. The zero-order valence-corrected chi connectivity index (χ0v) is 19.8. The Morgan fingerprint density at radius 3 is 2.36 bits per heavy atom. The summed E-state index contributed by atoms with van der Waals surface area (Å²) in [6, 6.07) is 0. The number of anilines is 1. The summed E-state index contributed by atoms with van der Waals surface area (Å²) in [4.78, 5) is 22.0. The third-order valence-electron chi connectivity index (χ3n) is 5.68. The van der Waals surface area contributed by atoms with Crippen molar-refractivity contribution in [1.82, 2.24) is 19.5 Å². The van der Waals surface area contributed by atoms with Crippen LogP contribution in [0.25, 0.3) is 11.2 Å². The van der Waals surface area contributed by atoms with Gasteiger partial charge in [-0.15, -0.1) is 0 Å². The fourth-order valence-corrected chi connectivity index (χ4v) is 5.10. The number of nitrogens with two attached hydrogens (primary N) is 1. The number of ether oxygens (including phenoxy) is 3. The van der Waals surface area contributed by atoms with Crippen LogP contribution in [0.1, 0.15) is 6.23 Å². The Kier molecular flexibility index (Phi) is 7.72. The van der Waals surface area contributed by atoms with E-state index >= 15 is 0 Å². The van der Waals surface area contributed by atoms with Crippen molar-refractivity contribution >= 4 is 33.0 Å². The van der Waals surface area contributed by atoms with Crippen molar-refractivity contribution in [3.63, 3.8) is 0 Å². The van der Waals surface area contributed by atoms with E-state index < -0.39 is 83.7 Å². The predicted octanol–water partition coefficient (Wildman–Crippen LogP) is -3.42. The lowest BCUT2D eigenvalue weighted by atomic mass is 10.1. The molecular formula is C16H23N5O13P2. The van der Waals surface area contributed by atoms with Crippen molar-refractivity contribution in [2.75, 3.05) is 18.9 Å². The van der Waals surface area contributed by atoms with Gasteiger partial charge < -0.3 is 60.0 Å². The second kappa shape index (κ2) is 10.2. The van der Waals surface area contributed by atoms with E-state index in [0.717, 1.165) is 6.33 Å². The van der Waals surface area contributed by atoms with E-state index in [1.807, 2.05) is 0 Å². The van der Waals surface area contributed by atoms with Gasteiger partial charge in [0.05, 0.1) is 19.5 Å². The molecule has 36 heavy (non-hydrogen) atoms. The second-order valence-corrected chi connectivity index (χ2v) is 11.0. The first-order chi connectivity index (χ1) is 16.9. The van der Waals surface area contributed by atoms with Gasteiger partial charge in [0.1, 0.15) is 48.5 Å². The predicted molar refractivity (Wildman–Crippen MR) is 113 cm³/mol. The average Bonchev–Trinajstić information content (AvgIpc) is 3.47. The number of fused-ring (bicyclic) bond motifs is 1.